The van der Waals surface area contributed by atoms with E-state index >= 15 is 0 Å². The fourth-order valence-corrected chi connectivity index (χ4v) is 4.09. The van der Waals surface area contributed by atoms with Gasteiger partial charge in [-0.3, -0.25) is 4.79 Å². The minimum Gasteiger partial charge on any atom is -0.467 e. The average molecular weight is 387 g/mol. The van der Waals surface area contributed by atoms with E-state index in [9.17, 15) is 14.9 Å². The quantitative estimate of drug-likeness (QED) is 0.319. The van der Waals surface area contributed by atoms with Crippen LogP contribution in [0.1, 0.15) is 30.1 Å². The van der Waals surface area contributed by atoms with Crippen LogP contribution in [-0.4, -0.2) is 29.5 Å². The molecule has 2 aromatic carbocycles. The van der Waals surface area contributed by atoms with Crippen molar-refractivity contribution in [2.45, 2.75) is 32.4 Å². The minimum absolute atomic E-state index is 0.0509. The Labute approximate surface area is 168 Å². The van der Waals surface area contributed by atoms with Crippen molar-refractivity contribution in [3.05, 3.63) is 59.3 Å². The largest absolute Gasteiger partial charge is 0.467 e. The molecule has 146 valence electrons. The highest BCUT2D eigenvalue weighted by atomic mass is 16.5. The van der Waals surface area contributed by atoms with E-state index in [0.717, 1.165) is 28.4 Å². The van der Waals surface area contributed by atoms with Crippen molar-refractivity contribution in [3.8, 4) is 6.07 Å². The number of ketones is 1. The monoisotopic (exact) mass is 387 g/mol. The molecule has 0 aliphatic carbocycles. The molecule has 1 N–H and O–H groups in total. The van der Waals surface area contributed by atoms with Gasteiger partial charge in [0.15, 0.2) is 0 Å². The van der Waals surface area contributed by atoms with Gasteiger partial charge in [0.1, 0.15) is 17.7 Å². The molecule has 1 fully saturated rings. The van der Waals surface area contributed by atoms with Gasteiger partial charge in [-0.15, -0.1) is 0 Å². The maximum absolute atomic E-state index is 13.1. The van der Waals surface area contributed by atoms with Gasteiger partial charge in [0.2, 0.25) is 5.78 Å². The van der Waals surface area contributed by atoms with Crippen molar-refractivity contribution in [3.63, 3.8) is 0 Å². The molecule has 0 spiro atoms. The Morgan fingerprint density at radius 3 is 2.69 bits per heavy atom. The lowest BCUT2D eigenvalue weighted by Crippen LogP contribution is -2.31. The smallest absolute Gasteiger partial charge is 0.328 e. The molecule has 0 bridgehead atoms. The molecular formula is C23H21N3O3. The number of para-hydroxylation sites is 1. The number of Topliss-reactive ketones (excluding diaryl/α,β-unsaturated/α-hetero) is 1. The van der Waals surface area contributed by atoms with Crippen LogP contribution < -0.4 is 5.32 Å². The van der Waals surface area contributed by atoms with E-state index in [1.165, 1.54) is 7.11 Å². The van der Waals surface area contributed by atoms with Gasteiger partial charge >= 0.3 is 5.97 Å². The number of hydrogen-bond acceptors (Lipinski definition) is 5. The molecule has 1 saturated heterocycles. The molecule has 2 heterocycles. The van der Waals surface area contributed by atoms with Gasteiger partial charge in [-0.1, -0.05) is 18.2 Å². The van der Waals surface area contributed by atoms with Gasteiger partial charge in [-0.05, 0) is 44.0 Å². The second kappa shape index (κ2) is 7.44. The number of ether oxygens (including phenoxy) is 1. The van der Waals surface area contributed by atoms with E-state index in [4.69, 9.17) is 4.74 Å². The molecule has 6 nitrogen and oxygen atoms in total. The number of carbonyl (C=O) groups is 2. The summed E-state index contributed by atoms with van der Waals surface area (Å²) >= 11 is 0. The number of methoxy groups -OCH3 is 1. The first-order chi connectivity index (χ1) is 14.1. The molecule has 29 heavy (non-hydrogen) atoms. The van der Waals surface area contributed by atoms with E-state index in [1.54, 1.807) is 6.07 Å². The summed E-state index contributed by atoms with van der Waals surface area (Å²) in [4.78, 5) is 24.9. The van der Waals surface area contributed by atoms with Crippen molar-refractivity contribution >= 4 is 33.6 Å². The number of hydrogen-bond donors (Lipinski definition) is 1. The molecule has 1 aromatic heterocycles. The lowest BCUT2D eigenvalue weighted by atomic mass is 10.00. The van der Waals surface area contributed by atoms with Crippen LogP contribution in [0.5, 0.6) is 0 Å². The first kappa shape index (κ1) is 18.8. The van der Waals surface area contributed by atoms with Gasteiger partial charge in [0.25, 0.3) is 0 Å². The zero-order valence-corrected chi connectivity index (χ0v) is 16.4. The topological polar surface area (TPSA) is 84.1 Å². The number of allylic oxidation sites excluding steroid dienone is 2. The van der Waals surface area contributed by atoms with E-state index in [0.29, 0.717) is 24.1 Å². The summed E-state index contributed by atoms with van der Waals surface area (Å²) in [6.07, 6.45) is 0.968. The third-order valence-electron chi connectivity index (χ3n) is 5.51. The molecule has 0 amide bonds. The van der Waals surface area contributed by atoms with Crippen LogP contribution in [0.25, 0.3) is 21.8 Å². The number of nitrogens with zero attached hydrogens (tertiary/aromatic N) is 2. The second-order valence-electron chi connectivity index (χ2n) is 7.05. The van der Waals surface area contributed by atoms with Crippen LogP contribution in [0.2, 0.25) is 0 Å². The maximum atomic E-state index is 13.1. The summed E-state index contributed by atoms with van der Waals surface area (Å²) in [7, 11) is 1.32. The van der Waals surface area contributed by atoms with E-state index in [2.05, 4.69) is 22.9 Å². The van der Waals surface area contributed by atoms with Crippen LogP contribution in [0.4, 0.5) is 0 Å². The first-order valence-electron chi connectivity index (χ1n) is 9.62. The summed E-state index contributed by atoms with van der Waals surface area (Å²) < 4.78 is 6.96. The van der Waals surface area contributed by atoms with Gasteiger partial charge < -0.3 is 14.6 Å². The molecule has 0 radical (unpaired) electrons. The van der Waals surface area contributed by atoms with Gasteiger partial charge in [0.05, 0.1) is 7.11 Å². The number of nitriles is 1. The fourth-order valence-electron chi connectivity index (χ4n) is 4.09. The Morgan fingerprint density at radius 1 is 1.21 bits per heavy atom. The standard InChI is InChI=1S/C23H21N3O3/c1-3-26-20-7-5-4-6-15(20)16-12-14(8-11-21(16)26)22(27)17(13-24)18-9-10-19(25-18)23(28)29-2/h4-8,11-12,19,25H,3,9-10H2,1-2H3/b18-17-. The number of rotatable bonds is 4. The van der Waals surface area contributed by atoms with E-state index < -0.39 is 12.0 Å². The van der Waals surface area contributed by atoms with Gasteiger partial charge in [-0.2, -0.15) is 5.26 Å². The summed E-state index contributed by atoms with van der Waals surface area (Å²) in [6.45, 7) is 2.91. The Kier molecular flexibility index (Phi) is 4.81. The highest BCUT2D eigenvalue weighted by Gasteiger charge is 2.30. The average Bonchev–Trinajstić information content (AvgIpc) is 3.36. The zero-order valence-electron chi connectivity index (χ0n) is 16.4. The molecule has 4 rings (SSSR count). The fraction of sp³-hybridized carbons (Fsp3) is 0.261. The van der Waals surface area contributed by atoms with Crippen molar-refractivity contribution < 1.29 is 14.3 Å². The molecule has 1 atom stereocenters. The minimum atomic E-state index is -0.517. The number of aryl methyl sites for hydroxylation is 1. The summed E-state index contributed by atoms with van der Waals surface area (Å²) in [6, 6.07) is 15.2. The van der Waals surface area contributed by atoms with Crippen LogP contribution in [-0.2, 0) is 16.1 Å². The lowest BCUT2D eigenvalue weighted by molar-refractivity contribution is -0.142. The molecule has 1 aliphatic heterocycles. The van der Waals surface area contributed by atoms with Crippen molar-refractivity contribution in [2.75, 3.05) is 7.11 Å². The zero-order chi connectivity index (χ0) is 20.5. The lowest BCUT2D eigenvalue weighted by Gasteiger charge is -2.09. The van der Waals surface area contributed by atoms with Crippen molar-refractivity contribution in [2.24, 2.45) is 0 Å². The van der Waals surface area contributed by atoms with Gasteiger partial charge in [0, 0.05) is 39.6 Å². The number of esters is 1. The van der Waals surface area contributed by atoms with E-state index in [-0.39, 0.29) is 11.4 Å². The summed E-state index contributed by atoms with van der Waals surface area (Å²) in [5.74, 6) is -0.728. The molecular weight excluding hydrogens is 366 g/mol. The second-order valence-corrected chi connectivity index (χ2v) is 7.05. The van der Waals surface area contributed by atoms with Crippen LogP contribution >= 0.6 is 0 Å². The highest BCUT2D eigenvalue weighted by molar-refractivity contribution is 6.16. The predicted octanol–water partition coefficient (Wildman–Crippen LogP) is 3.70. The third kappa shape index (κ3) is 3.05. The number of carbonyl (C=O) groups excluding carboxylic acids is 2. The Balaban J connectivity index is 1.77. The van der Waals surface area contributed by atoms with Crippen LogP contribution in [0, 0.1) is 11.3 Å². The van der Waals surface area contributed by atoms with Crippen molar-refractivity contribution in [1.29, 1.82) is 5.26 Å². The number of benzene rings is 2. The third-order valence-corrected chi connectivity index (χ3v) is 5.51. The molecule has 0 saturated carbocycles. The molecule has 1 aliphatic rings. The Morgan fingerprint density at radius 2 is 1.97 bits per heavy atom. The summed E-state index contributed by atoms with van der Waals surface area (Å²) in [5, 5.41) is 14.7. The molecule has 1 unspecified atom stereocenters. The van der Waals surface area contributed by atoms with Crippen molar-refractivity contribution in [1.82, 2.24) is 9.88 Å². The Bertz CT molecular complexity index is 1210. The predicted molar refractivity (Wildman–Crippen MR) is 110 cm³/mol. The maximum Gasteiger partial charge on any atom is 0.328 e. The number of aromatic nitrogens is 1. The first-order valence-corrected chi connectivity index (χ1v) is 9.62. The SMILES string of the molecule is CCn1c2ccccc2c2cc(C(=O)/C(C#N)=C3/CCC(C(=O)OC)N3)ccc21. The molecule has 3 aromatic rings. The van der Waals surface area contributed by atoms with Crippen LogP contribution in [0.15, 0.2) is 53.7 Å². The molecule has 6 heteroatoms. The van der Waals surface area contributed by atoms with E-state index in [1.807, 2.05) is 36.4 Å². The van der Waals surface area contributed by atoms with Gasteiger partial charge in [-0.25, -0.2) is 4.79 Å². The highest BCUT2D eigenvalue weighted by Crippen LogP contribution is 2.31. The Hall–Kier alpha value is -3.59. The number of fused-ring (bicyclic) bond motifs is 3. The normalized spacial score (nSPS) is 17.8. The van der Waals surface area contributed by atoms with Crippen LogP contribution in [0.3, 0.4) is 0 Å². The summed E-state index contributed by atoms with van der Waals surface area (Å²) in [5.41, 5.74) is 3.19. The number of nitrogens with one attached hydrogen (secondary N) is 1.